The zero-order valence-corrected chi connectivity index (χ0v) is 18.9. The average Bonchev–Trinajstić information content (AvgIpc) is 2.67. The lowest BCUT2D eigenvalue weighted by atomic mass is 9.52. The van der Waals surface area contributed by atoms with Crippen LogP contribution in [0.5, 0.6) is 11.5 Å². The van der Waals surface area contributed by atoms with E-state index < -0.39 is 0 Å². The van der Waals surface area contributed by atoms with Crippen LogP contribution in [0.25, 0.3) is 22.3 Å². The molecule has 3 rings (SSSR count). The lowest BCUT2D eigenvalue weighted by Crippen LogP contribution is -2.42. The summed E-state index contributed by atoms with van der Waals surface area (Å²) in [5.74, 6) is 2.01. The number of aromatic nitrogens is 1. The van der Waals surface area contributed by atoms with Crippen molar-refractivity contribution in [2.45, 2.75) is 5.30 Å². The number of anilines is 2. The quantitative estimate of drug-likeness (QED) is 0.337. The second-order valence-electron chi connectivity index (χ2n) is 8.61. The highest BCUT2D eigenvalue weighted by Crippen LogP contribution is 2.32. The number of pyridine rings is 1. The van der Waals surface area contributed by atoms with Crippen molar-refractivity contribution in [2.75, 3.05) is 18.6 Å². The lowest BCUT2D eigenvalue weighted by molar-refractivity contribution is 0.298. The maximum atomic E-state index is 6.32. The predicted molar refractivity (Wildman–Crippen MR) is 144 cm³/mol. The van der Waals surface area contributed by atoms with E-state index in [9.17, 15) is 0 Å². The summed E-state index contributed by atoms with van der Waals surface area (Å²) < 4.78 is 12.0. The van der Waals surface area contributed by atoms with Crippen molar-refractivity contribution in [2.24, 2.45) is 0 Å². The predicted octanol–water partition coefficient (Wildman–Crippen LogP) is -4.75. The van der Waals surface area contributed by atoms with Gasteiger partial charge in [-0.15, -0.1) is 0 Å². The third kappa shape index (κ3) is 4.20. The second kappa shape index (κ2) is 8.13. The summed E-state index contributed by atoms with van der Waals surface area (Å²) in [5, 5.41) is -0.356. The Labute approximate surface area is 183 Å². The molecule has 0 fully saturated rings. The van der Waals surface area contributed by atoms with E-state index in [-0.39, 0.29) is 5.30 Å². The molecule has 0 bridgehead atoms. The van der Waals surface area contributed by atoms with Crippen LogP contribution in [-0.4, -0.2) is 64.5 Å². The minimum absolute atomic E-state index is 0.356. The van der Waals surface area contributed by atoms with Crippen molar-refractivity contribution in [1.82, 2.24) is 4.98 Å². The molecule has 0 aliphatic rings. The molecule has 2 aromatic carbocycles. The first-order valence-corrected chi connectivity index (χ1v) is 10.0. The Kier molecular flexibility index (Phi) is 5.93. The third-order valence-electron chi connectivity index (χ3n) is 5.24. The molecule has 1 aromatic heterocycles. The SMILES string of the molecule is Bc1c(B)c(-c2cnc(N)c(-c3ccc(N)cc3)c2)c(B)c(OC(B)(B)B)c1OC. The van der Waals surface area contributed by atoms with Gasteiger partial charge in [0, 0.05) is 22.7 Å². The van der Waals surface area contributed by atoms with Crippen LogP contribution in [0.15, 0.2) is 36.5 Å². The number of nitrogens with two attached hydrogens (primary N) is 2. The number of nitrogen functional groups attached to an aromatic ring is 2. The Bertz CT molecular complexity index is 1100. The van der Waals surface area contributed by atoms with Gasteiger partial charge < -0.3 is 20.9 Å². The van der Waals surface area contributed by atoms with E-state index in [1.54, 1.807) is 7.11 Å². The van der Waals surface area contributed by atoms with Gasteiger partial charge in [-0.3, -0.25) is 0 Å². The van der Waals surface area contributed by atoms with E-state index in [1.807, 2.05) is 54.0 Å². The summed E-state index contributed by atoms with van der Waals surface area (Å²) in [6.45, 7) is 0. The number of methoxy groups -OCH3 is 1. The number of hydrogen-bond donors (Lipinski definition) is 2. The van der Waals surface area contributed by atoms with Gasteiger partial charge in [0.1, 0.15) is 52.9 Å². The van der Waals surface area contributed by atoms with Crippen molar-refractivity contribution in [3.05, 3.63) is 36.5 Å². The van der Waals surface area contributed by atoms with E-state index in [1.165, 1.54) is 0 Å². The first-order valence-electron chi connectivity index (χ1n) is 10.0. The minimum Gasteiger partial charge on any atom is -0.511 e. The molecule has 0 atom stereocenters. The van der Waals surface area contributed by atoms with E-state index in [2.05, 4.69) is 34.6 Å². The van der Waals surface area contributed by atoms with Crippen LogP contribution < -0.4 is 37.3 Å². The van der Waals surface area contributed by atoms with Gasteiger partial charge in [0.05, 0.1) is 7.11 Å². The highest BCUT2D eigenvalue weighted by Gasteiger charge is 2.24. The van der Waals surface area contributed by atoms with Gasteiger partial charge in [-0.1, -0.05) is 17.6 Å². The zero-order valence-electron chi connectivity index (χ0n) is 18.9. The smallest absolute Gasteiger partial charge is 0.153 e. The van der Waals surface area contributed by atoms with Crippen LogP contribution in [0.3, 0.4) is 0 Å². The van der Waals surface area contributed by atoms with E-state index in [4.69, 9.17) is 20.9 Å². The van der Waals surface area contributed by atoms with Crippen molar-refractivity contribution >= 4 is 75.0 Å². The fourth-order valence-corrected chi connectivity index (χ4v) is 3.71. The Hall–Kier alpha value is -2.82. The van der Waals surface area contributed by atoms with Gasteiger partial charge in [-0.25, -0.2) is 4.98 Å². The fourth-order valence-electron chi connectivity index (χ4n) is 3.71. The Morgan fingerprint density at radius 2 is 1.50 bits per heavy atom. The molecular formula is C19H25B6N3O2. The van der Waals surface area contributed by atoms with Crippen molar-refractivity contribution in [3.8, 4) is 33.8 Å². The average molecular weight is 392 g/mol. The molecule has 11 heteroatoms. The molecule has 0 amide bonds. The molecule has 146 valence electrons. The number of ether oxygens (including phenoxy) is 2. The summed E-state index contributed by atoms with van der Waals surface area (Å²) >= 11 is 0. The van der Waals surface area contributed by atoms with Crippen LogP contribution in [0.2, 0.25) is 0 Å². The van der Waals surface area contributed by atoms with Crippen LogP contribution in [0, 0.1) is 0 Å². The van der Waals surface area contributed by atoms with Crippen LogP contribution in [0.4, 0.5) is 11.5 Å². The summed E-state index contributed by atoms with van der Waals surface area (Å²) in [4.78, 5) is 4.49. The lowest BCUT2D eigenvalue weighted by Gasteiger charge is -2.29. The molecule has 0 radical (unpaired) electrons. The Morgan fingerprint density at radius 3 is 2.07 bits per heavy atom. The molecule has 0 aliphatic heterocycles. The number of benzene rings is 2. The zero-order chi connectivity index (χ0) is 22.2. The van der Waals surface area contributed by atoms with Gasteiger partial charge in [0.2, 0.25) is 0 Å². The van der Waals surface area contributed by atoms with E-state index >= 15 is 0 Å². The molecule has 0 saturated carbocycles. The minimum atomic E-state index is -0.356. The standard InChI is InChI=1S/C19H25B6N3O2/c1-29-16-15(22)13(20)12(14(21)17(16)30-19(23,24)25)9-6-11(18(27)28-7-9)8-2-4-10(26)5-3-8/h2-7H,20-26H2,1H3,(H2,27,28). The number of rotatable bonds is 5. The number of nitrogens with zero attached hydrogens (tertiary/aromatic N) is 1. The van der Waals surface area contributed by atoms with Gasteiger partial charge >= 0.3 is 0 Å². The van der Waals surface area contributed by atoms with Crippen LogP contribution >= 0.6 is 0 Å². The second-order valence-corrected chi connectivity index (χ2v) is 8.61. The van der Waals surface area contributed by atoms with E-state index in [0.717, 1.165) is 50.1 Å². The highest BCUT2D eigenvalue weighted by molar-refractivity contribution is 6.59. The summed E-state index contributed by atoms with van der Waals surface area (Å²) in [5.41, 5.74) is 19.9. The summed E-state index contributed by atoms with van der Waals surface area (Å²) in [6.07, 6.45) is 1.82. The summed E-state index contributed by atoms with van der Waals surface area (Å²) in [7, 11) is 14.0. The highest BCUT2D eigenvalue weighted by atomic mass is 16.5. The molecule has 0 unspecified atom stereocenters. The number of hydrogen-bond acceptors (Lipinski definition) is 5. The molecule has 0 aliphatic carbocycles. The third-order valence-corrected chi connectivity index (χ3v) is 5.24. The van der Waals surface area contributed by atoms with Gasteiger partial charge in [0.25, 0.3) is 0 Å². The largest absolute Gasteiger partial charge is 0.511 e. The fraction of sp³-hybridized carbons (Fsp3) is 0.105. The normalized spacial score (nSPS) is 11.2. The summed E-state index contributed by atoms with van der Waals surface area (Å²) in [6, 6.07) is 9.73. The molecule has 3 aromatic rings. The maximum absolute atomic E-state index is 6.32. The monoisotopic (exact) mass is 393 g/mol. The topological polar surface area (TPSA) is 83.4 Å². The van der Waals surface area contributed by atoms with Gasteiger partial charge in [0.15, 0.2) is 11.5 Å². The van der Waals surface area contributed by atoms with Crippen LogP contribution in [0.1, 0.15) is 0 Å². The Balaban J connectivity index is 2.25. The van der Waals surface area contributed by atoms with Crippen molar-refractivity contribution in [1.29, 1.82) is 0 Å². The van der Waals surface area contributed by atoms with Gasteiger partial charge in [-0.05, 0) is 45.8 Å². The Morgan fingerprint density at radius 1 is 0.867 bits per heavy atom. The van der Waals surface area contributed by atoms with Crippen LogP contribution in [-0.2, 0) is 0 Å². The first-order chi connectivity index (χ1) is 14.0. The molecule has 0 spiro atoms. The van der Waals surface area contributed by atoms with E-state index in [0.29, 0.717) is 11.5 Å². The van der Waals surface area contributed by atoms with Gasteiger partial charge in [-0.2, -0.15) is 0 Å². The molecular weight excluding hydrogens is 367 g/mol. The molecule has 4 N–H and O–H groups in total. The van der Waals surface area contributed by atoms with Crippen molar-refractivity contribution < 1.29 is 9.47 Å². The first kappa shape index (κ1) is 21.9. The maximum Gasteiger partial charge on any atom is 0.153 e. The molecule has 5 nitrogen and oxygen atoms in total. The molecule has 0 saturated heterocycles. The molecule has 30 heavy (non-hydrogen) atoms. The van der Waals surface area contributed by atoms with Crippen molar-refractivity contribution in [3.63, 3.8) is 0 Å². The molecule has 1 heterocycles.